The van der Waals surface area contributed by atoms with Crippen molar-refractivity contribution in [1.29, 1.82) is 0 Å². The second kappa shape index (κ2) is 8.44. The minimum absolute atomic E-state index is 0.0507. The molecule has 5 rings (SSSR count). The van der Waals surface area contributed by atoms with Crippen LogP contribution in [0.25, 0.3) is 22.8 Å². The van der Waals surface area contributed by atoms with Gasteiger partial charge in [-0.05, 0) is 36.4 Å². The van der Waals surface area contributed by atoms with Gasteiger partial charge >= 0.3 is 0 Å². The first-order valence-corrected chi connectivity index (χ1v) is 10.4. The molecule has 1 aliphatic heterocycles. The minimum atomic E-state index is 0.0507. The summed E-state index contributed by atoms with van der Waals surface area (Å²) in [7, 11) is 0. The van der Waals surface area contributed by atoms with Gasteiger partial charge in [-0.2, -0.15) is 4.98 Å². The van der Waals surface area contributed by atoms with Crippen molar-refractivity contribution in [2.75, 3.05) is 31.1 Å². The SMILES string of the molecule is O=C(c1ccc(-c2nc(-c3ccccc3)no2)cc1)N1CCN(c2ccccc2)CC1. The van der Waals surface area contributed by atoms with Crippen LogP contribution in [-0.2, 0) is 0 Å². The lowest BCUT2D eigenvalue weighted by Gasteiger charge is -2.36. The van der Waals surface area contributed by atoms with Crippen molar-refractivity contribution in [1.82, 2.24) is 15.0 Å². The lowest BCUT2D eigenvalue weighted by atomic mass is 10.1. The monoisotopic (exact) mass is 410 g/mol. The first-order valence-electron chi connectivity index (χ1n) is 10.4. The van der Waals surface area contributed by atoms with Crippen molar-refractivity contribution in [2.24, 2.45) is 0 Å². The topological polar surface area (TPSA) is 62.5 Å². The molecule has 0 bridgehead atoms. The fourth-order valence-electron chi connectivity index (χ4n) is 3.79. The van der Waals surface area contributed by atoms with Gasteiger partial charge < -0.3 is 14.3 Å². The number of benzene rings is 3. The van der Waals surface area contributed by atoms with Gasteiger partial charge in [0.2, 0.25) is 5.82 Å². The van der Waals surface area contributed by atoms with Gasteiger partial charge in [-0.3, -0.25) is 4.79 Å². The van der Waals surface area contributed by atoms with Crippen molar-refractivity contribution in [3.8, 4) is 22.8 Å². The molecule has 1 aromatic heterocycles. The predicted octanol–water partition coefficient (Wildman–Crippen LogP) is 4.37. The highest BCUT2D eigenvalue weighted by Gasteiger charge is 2.22. The van der Waals surface area contributed by atoms with Gasteiger partial charge in [0.25, 0.3) is 11.8 Å². The fourth-order valence-corrected chi connectivity index (χ4v) is 3.79. The van der Waals surface area contributed by atoms with E-state index in [1.54, 1.807) is 0 Å². The van der Waals surface area contributed by atoms with Gasteiger partial charge in [0, 0.05) is 48.6 Å². The third-order valence-electron chi connectivity index (χ3n) is 5.53. The summed E-state index contributed by atoms with van der Waals surface area (Å²) in [6.07, 6.45) is 0. The molecule has 0 aliphatic carbocycles. The Bertz CT molecular complexity index is 1150. The molecule has 1 amide bonds. The van der Waals surface area contributed by atoms with Crippen LogP contribution in [0.5, 0.6) is 0 Å². The molecule has 31 heavy (non-hydrogen) atoms. The van der Waals surface area contributed by atoms with Gasteiger partial charge in [-0.1, -0.05) is 53.7 Å². The molecule has 1 aliphatic rings. The van der Waals surface area contributed by atoms with Crippen LogP contribution in [-0.4, -0.2) is 47.1 Å². The molecular formula is C25H22N4O2. The summed E-state index contributed by atoms with van der Waals surface area (Å²) in [6, 6.07) is 27.4. The molecule has 0 N–H and O–H groups in total. The van der Waals surface area contributed by atoms with Crippen LogP contribution in [0, 0.1) is 0 Å². The molecule has 154 valence electrons. The quantitative estimate of drug-likeness (QED) is 0.500. The van der Waals surface area contributed by atoms with Gasteiger partial charge in [0.05, 0.1) is 0 Å². The summed E-state index contributed by atoms with van der Waals surface area (Å²) in [6.45, 7) is 3.08. The number of aromatic nitrogens is 2. The number of piperazine rings is 1. The number of carbonyl (C=O) groups is 1. The first-order chi connectivity index (χ1) is 15.3. The van der Waals surface area contributed by atoms with Crippen LogP contribution in [0.2, 0.25) is 0 Å². The van der Waals surface area contributed by atoms with E-state index in [9.17, 15) is 4.79 Å². The second-order valence-corrected chi connectivity index (χ2v) is 7.48. The molecule has 0 saturated carbocycles. The third-order valence-corrected chi connectivity index (χ3v) is 5.53. The van der Waals surface area contributed by atoms with E-state index in [1.165, 1.54) is 5.69 Å². The zero-order valence-corrected chi connectivity index (χ0v) is 17.0. The molecule has 3 aromatic carbocycles. The molecule has 0 spiro atoms. The Labute approximate surface area is 180 Å². The Morgan fingerprint density at radius 2 is 1.39 bits per heavy atom. The van der Waals surface area contributed by atoms with Crippen molar-refractivity contribution in [3.63, 3.8) is 0 Å². The maximum atomic E-state index is 12.9. The molecule has 0 radical (unpaired) electrons. The van der Waals surface area contributed by atoms with Gasteiger partial charge in [-0.25, -0.2) is 0 Å². The van der Waals surface area contributed by atoms with Crippen LogP contribution < -0.4 is 4.90 Å². The molecule has 4 aromatic rings. The van der Waals surface area contributed by atoms with Gasteiger partial charge in [0.15, 0.2) is 0 Å². The maximum absolute atomic E-state index is 12.9. The highest BCUT2D eigenvalue weighted by atomic mass is 16.5. The minimum Gasteiger partial charge on any atom is -0.368 e. The second-order valence-electron chi connectivity index (χ2n) is 7.48. The number of carbonyl (C=O) groups excluding carboxylic acids is 1. The predicted molar refractivity (Wildman–Crippen MR) is 120 cm³/mol. The number of hydrogen-bond donors (Lipinski definition) is 0. The molecule has 6 nitrogen and oxygen atoms in total. The van der Waals surface area contributed by atoms with E-state index in [2.05, 4.69) is 27.2 Å². The summed E-state index contributed by atoms with van der Waals surface area (Å²) in [4.78, 5) is 21.6. The first kappa shape index (κ1) is 19.1. The van der Waals surface area contributed by atoms with Crippen LogP contribution in [0.15, 0.2) is 89.5 Å². The molecule has 0 atom stereocenters. The smallest absolute Gasteiger partial charge is 0.258 e. The Kier molecular flexibility index (Phi) is 5.19. The summed E-state index contributed by atoms with van der Waals surface area (Å²) in [5, 5.41) is 4.06. The standard InChI is InChI=1S/C25H22N4O2/c30-25(29-17-15-28(16-18-29)22-9-5-2-6-10-22)21-13-11-20(12-14-21)24-26-23(27-31-24)19-7-3-1-4-8-19/h1-14H,15-18H2. The summed E-state index contributed by atoms with van der Waals surface area (Å²) >= 11 is 0. The number of nitrogens with zero attached hydrogens (tertiary/aromatic N) is 4. The highest BCUT2D eigenvalue weighted by Crippen LogP contribution is 2.23. The van der Waals surface area contributed by atoms with Crippen molar-refractivity contribution in [3.05, 3.63) is 90.5 Å². The summed E-state index contributed by atoms with van der Waals surface area (Å²) in [5.74, 6) is 1.04. The molecule has 1 fully saturated rings. The van der Waals surface area contributed by atoms with E-state index < -0.39 is 0 Å². The average Bonchev–Trinajstić information content (AvgIpc) is 3.35. The fraction of sp³-hybridized carbons (Fsp3) is 0.160. The van der Waals surface area contributed by atoms with Crippen molar-refractivity contribution in [2.45, 2.75) is 0 Å². The van der Waals surface area contributed by atoms with Crippen molar-refractivity contribution >= 4 is 11.6 Å². The summed E-state index contributed by atoms with van der Waals surface area (Å²) in [5.41, 5.74) is 3.56. The molecule has 2 heterocycles. The Hall–Kier alpha value is -3.93. The zero-order chi connectivity index (χ0) is 21.0. The van der Waals surface area contributed by atoms with Crippen LogP contribution in [0.1, 0.15) is 10.4 Å². The molecule has 6 heteroatoms. The maximum Gasteiger partial charge on any atom is 0.258 e. The van der Waals surface area contributed by atoms with Crippen molar-refractivity contribution < 1.29 is 9.32 Å². The molecule has 0 unspecified atom stereocenters. The number of amides is 1. The van der Waals surface area contributed by atoms with E-state index in [1.807, 2.05) is 77.7 Å². The third kappa shape index (κ3) is 4.05. The number of hydrogen-bond acceptors (Lipinski definition) is 5. The van der Waals surface area contributed by atoms with E-state index in [0.717, 1.165) is 24.2 Å². The van der Waals surface area contributed by atoms with E-state index in [-0.39, 0.29) is 5.91 Å². The number of rotatable bonds is 4. The summed E-state index contributed by atoms with van der Waals surface area (Å²) < 4.78 is 5.41. The Morgan fingerprint density at radius 1 is 0.742 bits per heavy atom. The van der Waals surface area contributed by atoms with Crippen LogP contribution >= 0.6 is 0 Å². The molecule has 1 saturated heterocycles. The van der Waals surface area contributed by atoms with Gasteiger partial charge in [0.1, 0.15) is 0 Å². The lowest BCUT2D eigenvalue weighted by Crippen LogP contribution is -2.48. The average molecular weight is 410 g/mol. The van der Waals surface area contributed by atoms with E-state index in [4.69, 9.17) is 4.52 Å². The molecular weight excluding hydrogens is 388 g/mol. The lowest BCUT2D eigenvalue weighted by molar-refractivity contribution is 0.0747. The van der Waals surface area contributed by atoms with E-state index in [0.29, 0.717) is 30.4 Å². The Balaban J connectivity index is 1.24. The van der Waals surface area contributed by atoms with Crippen LogP contribution in [0.3, 0.4) is 0 Å². The Morgan fingerprint density at radius 3 is 2.06 bits per heavy atom. The number of anilines is 1. The highest BCUT2D eigenvalue weighted by molar-refractivity contribution is 5.94. The number of para-hydroxylation sites is 1. The zero-order valence-electron chi connectivity index (χ0n) is 17.0. The van der Waals surface area contributed by atoms with Crippen LogP contribution in [0.4, 0.5) is 5.69 Å². The van der Waals surface area contributed by atoms with Gasteiger partial charge in [-0.15, -0.1) is 0 Å². The van der Waals surface area contributed by atoms with E-state index >= 15 is 0 Å². The normalized spacial score (nSPS) is 13.9. The largest absolute Gasteiger partial charge is 0.368 e.